The molecule has 194 valence electrons. The number of anilines is 1. The highest BCUT2D eigenvalue weighted by Crippen LogP contribution is 2.47. The van der Waals surface area contributed by atoms with E-state index in [0.717, 1.165) is 24.3 Å². The number of rotatable bonds is 5. The molecule has 4 aliphatic rings. The van der Waals surface area contributed by atoms with Crippen molar-refractivity contribution in [3.8, 4) is 0 Å². The van der Waals surface area contributed by atoms with Crippen molar-refractivity contribution in [2.45, 2.75) is 84.3 Å². The van der Waals surface area contributed by atoms with Crippen LogP contribution in [0.2, 0.25) is 0 Å². The number of hydrogen-bond acceptors (Lipinski definition) is 7. The van der Waals surface area contributed by atoms with Crippen molar-refractivity contribution in [2.75, 3.05) is 38.1 Å². The van der Waals surface area contributed by atoms with Gasteiger partial charge in [0.1, 0.15) is 5.60 Å². The van der Waals surface area contributed by atoms with E-state index in [1.54, 1.807) is 4.88 Å². The van der Waals surface area contributed by atoms with Crippen molar-refractivity contribution < 1.29 is 9.53 Å². The number of carbonyl (C=O) groups is 1. The van der Waals surface area contributed by atoms with Crippen LogP contribution in [0.4, 0.5) is 5.13 Å². The van der Waals surface area contributed by atoms with Gasteiger partial charge in [0.15, 0.2) is 5.13 Å². The molecule has 3 fully saturated rings. The first kappa shape index (κ1) is 28.8. The van der Waals surface area contributed by atoms with Gasteiger partial charge in [-0.2, -0.15) is 0 Å². The second-order valence-corrected chi connectivity index (χ2v) is 11.7. The van der Waals surface area contributed by atoms with E-state index >= 15 is 0 Å². The summed E-state index contributed by atoms with van der Waals surface area (Å²) in [6, 6.07) is 0. The van der Waals surface area contributed by atoms with Gasteiger partial charge in [-0.05, 0) is 71.4 Å². The first-order valence-electron chi connectivity index (χ1n) is 13.1. The molecule has 1 saturated heterocycles. The molecule has 7 heteroatoms. The first-order chi connectivity index (χ1) is 16.4. The van der Waals surface area contributed by atoms with Crippen LogP contribution >= 0.6 is 11.3 Å². The molecule has 0 aromatic carbocycles. The molecule has 34 heavy (non-hydrogen) atoms. The molecular weight excluding hydrogens is 444 g/mol. The number of piperidine rings is 1. The number of thiazole rings is 1. The highest BCUT2D eigenvalue weighted by atomic mass is 32.1. The van der Waals surface area contributed by atoms with Gasteiger partial charge in [-0.3, -0.25) is 9.69 Å². The fourth-order valence-electron chi connectivity index (χ4n) is 5.10. The highest BCUT2D eigenvalue weighted by Gasteiger charge is 2.46. The summed E-state index contributed by atoms with van der Waals surface area (Å²) in [7, 11) is 1.50. The van der Waals surface area contributed by atoms with Crippen molar-refractivity contribution in [1.29, 1.82) is 0 Å². The maximum atomic E-state index is 9.60. The van der Waals surface area contributed by atoms with Gasteiger partial charge in [0, 0.05) is 31.1 Å². The zero-order valence-electron chi connectivity index (χ0n) is 22.1. The van der Waals surface area contributed by atoms with Crippen LogP contribution in [0.25, 0.3) is 0 Å². The van der Waals surface area contributed by atoms with E-state index in [2.05, 4.69) is 33.4 Å². The second-order valence-electron chi connectivity index (χ2n) is 10.7. The third-order valence-electron chi connectivity index (χ3n) is 7.02. The third-order valence-corrected chi connectivity index (χ3v) is 8.24. The fraction of sp³-hybridized carbons (Fsp3) is 0.778. The second kappa shape index (κ2) is 14.2. The van der Waals surface area contributed by atoms with Crippen LogP contribution in [0.3, 0.4) is 0 Å². The first-order valence-corrected chi connectivity index (χ1v) is 13.9. The Morgan fingerprint density at radius 3 is 2.35 bits per heavy atom. The summed E-state index contributed by atoms with van der Waals surface area (Å²) in [5, 5.41) is 1.33. The molecule has 5 rings (SSSR count). The molecular formula is C27H48N4O2S. The summed E-state index contributed by atoms with van der Waals surface area (Å²) >= 11 is 1.99. The van der Waals surface area contributed by atoms with Crippen LogP contribution in [0.5, 0.6) is 0 Å². The Kier molecular flexibility index (Phi) is 12.0. The largest absolute Gasteiger partial charge is 0.462 e. The monoisotopic (exact) mass is 492 g/mol. The molecule has 2 unspecified atom stereocenters. The van der Waals surface area contributed by atoms with Crippen LogP contribution < -0.4 is 10.6 Å². The smallest absolute Gasteiger partial charge is 0.293 e. The van der Waals surface area contributed by atoms with Gasteiger partial charge in [0.2, 0.25) is 0 Å². The lowest BCUT2D eigenvalue weighted by Crippen LogP contribution is -2.32. The fourth-order valence-corrected chi connectivity index (χ4v) is 6.18. The molecule has 2 atom stereocenters. The summed E-state index contributed by atoms with van der Waals surface area (Å²) in [6.07, 6.45) is 11.5. The topological polar surface area (TPSA) is 71.7 Å². The maximum Gasteiger partial charge on any atom is 0.293 e. The lowest BCUT2D eigenvalue weighted by Gasteiger charge is -2.29. The predicted octanol–water partition coefficient (Wildman–Crippen LogP) is 5.26. The summed E-state index contributed by atoms with van der Waals surface area (Å²) in [5.41, 5.74) is 5.59. The molecule has 0 amide bonds. The lowest BCUT2D eigenvalue weighted by molar-refractivity contribution is -0.138. The number of fused-ring (bicyclic) bond motifs is 2. The standard InChI is InChI=1S/C19H29N3S.C5H10O2.C2H4.CH5N/c1-2-4-14(5-3-1)6-8-21-9-7-18-17(13-21)20-19(23-18)22-11-15-10-16(15)12-22;1-5(2,3)7-4-6;2*1-2/h14-16H,1-13H2;4H,1-3H3;1-2H2;2H2,1H3. The number of hydrogen-bond donors (Lipinski definition) is 1. The van der Waals surface area contributed by atoms with Crippen LogP contribution in [0, 0.1) is 17.8 Å². The van der Waals surface area contributed by atoms with Crippen LogP contribution in [-0.4, -0.2) is 55.2 Å². The van der Waals surface area contributed by atoms with E-state index in [1.165, 1.54) is 95.4 Å². The average Bonchev–Trinajstić information content (AvgIpc) is 3.24. The molecule has 0 spiro atoms. The zero-order chi connectivity index (χ0) is 25.1. The molecule has 1 aromatic heterocycles. The predicted molar refractivity (Wildman–Crippen MR) is 144 cm³/mol. The zero-order valence-corrected chi connectivity index (χ0v) is 22.9. The Bertz CT molecular complexity index is 717. The molecule has 2 saturated carbocycles. The third kappa shape index (κ3) is 8.97. The number of nitrogens with zero attached hydrogens (tertiary/aromatic N) is 3. The van der Waals surface area contributed by atoms with E-state index in [4.69, 9.17) is 4.98 Å². The molecule has 6 nitrogen and oxygen atoms in total. The summed E-state index contributed by atoms with van der Waals surface area (Å²) in [6.45, 7) is 18.1. The van der Waals surface area contributed by atoms with Crippen molar-refractivity contribution in [2.24, 2.45) is 23.5 Å². The van der Waals surface area contributed by atoms with Gasteiger partial charge in [-0.1, -0.05) is 32.1 Å². The van der Waals surface area contributed by atoms with Gasteiger partial charge in [-0.25, -0.2) is 4.98 Å². The Balaban J connectivity index is 0.000000320. The van der Waals surface area contributed by atoms with Gasteiger partial charge in [0.25, 0.3) is 6.47 Å². The Morgan fingerprint density at radius 1 is 1.15 bits per heavy atom. The van der Waals surface area contributed by atoms with Crippen molar-refractivity contribution in [1.82, 2.24) is 9.88 Å². The molecule has 2 aliphatic carbocycles. The quantitative estimate of drug-likeness (QED) is 0.446. The van der Waals surface area contributed by atoms with Gasteiger partial charge in [0.05, 0.1) is 5.69 Å². The number of nitrogens with two attached hydrogens (primary N) is 1. The SMILES string of the molecule is C1CCC(CCN2CCc3sc(N4CC5CC5C4)nc3C2)CC1.C=C.CC(C)(C)OC=O.CN. The van der Waals surface area contributed by atoms with Gasteiger partial charge >= 0.3 is 0 Å². The van der Waals surface area contributed by atoms with Crippen LogP contribution in [0.15, 0.2) is 13.2 Å². The molecule has 1 aromatic rings. The average molecular weight is 493 g/mol. The van der Waals surface area contributed by atoms with E-state index in [1.807, 2.05) is 32.1 Å². The number of carbonyl (C=O) groups excluding carboxylic acids is 1. The minimum absolute atomic E-state index is 0.318. The Morgan fingerprint density at radius 2 is 1.79 bits per heavy atom. The highest BCUT2D eigenvalue weighted by molar-refractivity contribution is 7.15. The number of aromatic nitrogens is 1. The van der Waals surface area contributed by atoms with Crippen molar-refractivity contribution in [3.63, 3.8) is 0 Å². The normalized spacial score (nSPS) is 23.6. The Hall–Kier alpha value is -1.44. The van der Waals surface area contributed by atoms with Gasteiger partial charge in [-0.15, -0.1) is 24.5 Å². The lowest BCUT2D eigenvalue weighted by atomic mass is 9.87. The van der Waals surface area contributed by atoms with E-state index in [9.17, 15) is 4.79 Å². The van der Waals surface area contributed by atoms with E-state index in [0.29, 0.717) is 6.47 Å². The van der Waals surface area contributed by atoms with Crippen molar-refractivity contribution in [3.05, 3.63) is 23.7 Å². The van der Waals surface area contributed by atoms with E-state index < -0.39 is 0 Å². The van der Waals surface area contributed by atoms with Crippen LogP contribution in [-0.2, 0) is 22.5 Å². The molecule has 2 aliphatic heterocycles. The Labute approximate surface area is 211 Å². The molecule has 2 N–H and O–H groups in total. The minimum Gasteiger partial charge on any atom is -0.462 e. The number of ether oxygens (including phenoxy) is 1. The maximum absolute atomic E-state index is 9.60. The van der Waals surface area contributed by atoms with Crippen LogP contribution in [0.1, 0.15) is 76.3 Å². The van der Waals surface area contributed by atoms with Gasteiger partial charge < -0.3 is 15.4 Å². The molecule has 3 heterocycles. The minimum atomic E-state index is -0.318. The summed E-state index contributed by atoms with van der Waals surface area (Å²) in [5.74, 6) is 3.01. The van der Waals surface area contributed by atoms with E-state index in [-0.39, 0.29) is 5.60 Å². The van der Waals surface area contributed by atoms with Crippen molar-refractivity contribution >= 4 is 22.9 Å². The summed E-state index contributed by atoms with van der Waals surface area (Å²) in [4.78, 5) is 21.4. The summed E-state index contributed by atoms with van der Waals surface area (Å²) < 4.78 is 4.55. The molecule has 0 bridgehead atoms. The molecule has 0 radical (unpaired) electrons.